The summed E-state index contributed by atoms with van der Waals surface area (Å²) in [7, 11) is 0. The Bertz CT molecular complexity index is 555. The molecule has 2 bridgehead atoms. The van der Waals surface area contributed by atoms with Crippen molar-refractivity contribution in [3.05, 3.63) is 58.9 Å². The summed E-state index contributed by atoms with van der Waals surface area (Å²) in [5, 5.41) is 0. The number of carbonyl (C=O) groups excluding carboxylic acids is 1. The minimum atomic E-state index is -0.521. The average molecular weight is 196 g/mol. The van der Waals surface area contributed by atoms with Gasteiger partial charge in [0, 0.05) is 11.1 Å². The zero-order valence-corrected chi connectivity index (χ0v) is 7.99. The molecular weight excluding hydrogens is 188 g/mol. The highest BCUT2D eigenvalue weighted by atomic mass is 16.5. The lowest BCUT2D eigenvalue weighted by Crippen LogP contribution is -2.27. The van der Waals surface area contributed by atoms with Crippen molar-refractivity contribution < 1.29 is 9.53 Å². The molecule has 0 saturated carbocycles. The van der Waals surface area contributed by atoms with Gasteiger partial charge in [-0.1, -0.05) is 18.2 Å². The molecule has 2 heteroatoms. The van der Waals surface area contributed by atoms with Crippen molar-refractivity contribution in [2.45, 2.75) is 0 Å². The molecule has 0 radical (unpaired) electrons. The van der Waals surface area contributed by atoms with Crippen LogP contribution < -0.4 is 0 Å². The Labute approximate surface area is 86.9 Å². The van der Waals surface area contributed by atoms with Gasteiger partial charge in [-0.05, 0) is 23.8 Å². The summed E-state index contributed by atoms with van der Waals surface area (Å²) < 4.78 is 5.50. The largest absolute Gasteiger partial charge is 0.489 e. The Morgan fingerprint density at radius 3 is 3.20 bits per heavy atom. The maximum absolute atomic E-state index is 12.2. The molecule has 0 fully saturated rings. The van der Waals surface area contributed by atoms with Gasteiger partial charge >= 0.3 is 0 Å². The minimum absolute atomic E-state index is 0.197. The number of allylic oxidation sites excluding steroid dienone is 7. The standard InChI is InChI=1S/C13H8O2/c14-12-10-6-8-2-1-4-13(8,12)7-11-9(10)3-5-15-11/h1-4,6-7H,5H2. The van der Waals surface area contributed by atoms with Crippen molar-refractivity contribution in [1.29, 1.82) is 0 Å². The second kappa shape index (κ2) is 2.06. The third-order valence-corrected chi connectivity index (χ3v) is 3.47. The first kappa shape index (κ1) is 7.46. The maximum atomic E-state index is 12.2. The molecule has 72 valence electrons. The van der Waals surface area contributed by atoms with Gasteiger partial charge in [-0.15, -0.1) is 0 Å². The zero-order chi connectivity index (χ0) is 10.0. The second-order valence-corrected chi connectivity index (χ2v) is 4.17. The molecule has 0 N–H and O–H groups in total. The summed E-state index contributed by atoms with van der Waals surface area (Å²) >= 11 is 0. The summed E-state index contributed by atoms with van der Waals surface area (Å²) in [5.41, 5.74) is 2.36. The highest BCUT2D eigenvalue weighted by molar-refractivity contribution is 6.15. The fourth-order valence-corrected chi connectivity index (χ4v) is 2.71. The third-order valence-electron chi connectivity index (χ3n) is 3.47. The molecule has 1 aliphatic heterocycles. The van der Waals surface area contributed by atoms with Crippen molar-refractivity contribution in [3.8, 4) is 0 Å². The van der Waals surface area contributed by atoms with Gasteiger partial charge in [0.15, 0.2) is 5.78 Å². The topological polar surface area (TPSA) is 26.3 Å². The van der Waals surface area contributed by atoms with Crippen molar-refractivity contribution >= 4 is 5.78 Å². The van der Waals surface area contributed by atoms with Gasteiger partial charge in [0.05, 0.1) is 5.41 Å². The van der Waals surface area contributed by atoms with Crippen LogP contribution in [0, 0.1) is 5.41 Å². The average Bonchev–Trinajstić information content (AvgIpc) is 2.86. The molecule has 1 atom stereocenters. The van der Waals surface area contributed by atoms with E-state index in [0.717, 1.165) is 22.5 Å². The van der Waals surface area contributed by atoms with Crippen molar-refractivity contribution in [2.24, 2.45) is 5.41 Å². The molecule has 1 unspecified atom stereocenters. The fraction of sp³-hybridized carbons (Fsp3) is 0.154. The second-order valence-electron chi connectivity index (χ2n) is 4.17. The van der Waals surface area contributed by atoms with Crippen LogP contribution >= 0.6 is 0 Å². The van der Waals surface area contributed by atoms with Crippen molar-refractivity contribution in [2.75, 3.05) is 6.61 Å². The van der Waals surface area contributed by atoms with Crippen molar-refractivity contribution in [3.63, 3.8) is 0 Å². The minimum Gasteiger partial charge on any atom is -0.489 e. The summed E-state index contributed by atoms with van der Waals surface area (Å²) in [4.78, 5) is 12.2. The van der Waals surface area contributed by atoms with Gasteiger partial charge in [0.2, 0.25) is 0 Å². The van der Waals surface area contributed by atoms with E-state index in [9.17, 15) is 4.79 Å². The lowest BCUT2D eigenvalue weighted by atomic mass is 9.77. The molecule has 0 aromatic rings. The quantitative estimate of drug-likeness (QED) is 0.590. The molecule has 0 aromatic carbocycles. The monoisotopic (exact) mass is 196 g/mol. The summed E-state index contributed by atoms with van der Waals surface area (Å²) in [6, 6.07) is 0. The van der Waals surface area contributed by atoms with E-state index < -0.39 is 5.41 Å². The van der Waals surface area contributed by atoms with Gasteiger partial charge in [-0.2, -0.15) is 0 Å². The first-order valence-electron chi connectivity index (χ1n) is 5.04. The van der Waals surface area contributed by atoms with Crippen LogP contribution in [0.5, 0.6) is 0 Å². The van der Waals surface area contributed by atoms with E-state index in [1.54, 1.807) is 0 Å². The zero-order valence-electron chi connectivity index (χ0n) is 7.99. The molecule has 3 aliphatic carbocycles. The summed E-state index contributed by atoms with van der Waals surface area (Å²) in [5.74, 6) is 1.07. The van der Waals surface area contributed by atoms with E-state index in [4.69, 9.17) is 4.74 Å². The van der Waals surface area contributed by atoms with Crippen LogP contribution in [0.1, 0.15) is 0 Å². The highest BCUT2D eigenvalue weighted by Gasteiger charge is 2.50. The van der Waals surface area contributed by atoms with E-state index in [-0.39, 0.29) is 5.78 Å². The number of carbonyl (C=O) groups is 1. The normalized spacial score (nSPS) is 34.0. The molecule has 1 heterocycles. The van der Waals surface area contributed by atoms with Gasteiger partial charge in [0.1, 0.15) is 12.4 Å². The number of Topliss-reactive ketones (excluding diaryl/α,β-unsaturated/α-hetero) is 1. The molecule has 15 heavy (non-hydrogen) atoms. The molecular formula is C13H8O2. The Balaban J connectivity index is 2.11. The Morgan fingerprint density at radius 1 is 1.33 bits per heavy atom. The maximum Gasteiger partial charge on any atom is 0.181 e. The number of ether oxygens (including phenoxy) is 1. The van der Waals surface area contributed by atoms with Crippen LogP contribution in [0.2, 0.25) is 0 Å². The number of rotatable bonds is 0. The molecule has 0 saturated heterocycles. The van der Waals surface area contributed by atoms with Gasteiger partial charge in [-0.3, -0.25) is 4.79 Å². The van der Waals surface area contributed by atoms with Crippen LogP contribution in [0.25, 0.3) is 0 Å². The number of ketones is 1. The van der Waals surface area contributed by atoms with E-state index in [2.05, 4.69) is 0 Å². The number of fused-ring (bicyclic) bond motifs is 3. The van der Waals surface area contributed by atoms with E-state index in [1.807, 2.05) is 36.5 Å². The van der Waals surface area contributed by atoms with Crippen LogP contribution in [-0.4, -0.2) is 12.4 Å². The highest BCUT2D eigenvalue weighted by Crippen LogP contribution is 2.52. The Morgan fingerprint density at radius 2 is 2.27 bits per heavy atom. The SMILES string of the molecule is O=C1C2=CC3=CC=CC13C=C1OCC=C12. The number of hydrogen-bond acceptors (Lipinski definition) is 2. The molecule has 0 amide bonds. The summed E-state index contributed by atoms with van der Waals surface area (Å²) in [6.07, 6.45) is 11.8. The van der Waals surface area contributed by atoms with Gasteiger partial charge < -0.3 is 4.74 Å². The van der Waals surface area contributed by atoms with Gasteiger partial charge in [-0.25, -0.2) is 0 Å². The molecule has 0 aromatic heterocycles. The lowest BCUT2D eigenvalue weighted by Gasteiger charge is -2.24. The Hall–Kier alpha value is -1.83. The molecule has 2 nitrogen and oxygen atoms in total. The van der Waals surface area contributed by atoms with Crippen LogP contribution in [0.3, 0.4) is 0 Å². The Kier molecular flexibility index (Phi) is 1.02. The predicted octanol–water partition coefficient (Wildman–Crippen LogP) is 1.83. The van der Waals surface area contributed by atoms with Crippen molar-refractivity contribution in [1.82, 2.24) is 0 Å². The third kappa shape index (κ3) is 0.645. The first-order valence-corrected chi connectivity index (χ1v) is 5.04. The molecule has 4 aliphatic rings. The van der Waals surface area contributed by atoms with Gasteiger partial charge in [0.25, 0.3) is 0 Å². The molecule has 1 spiro atoms. The van der Waals surface area contributed by atoms with E-state index in [1.165, 1.54) is 0 Å². The van der Waals surface area contributed by atoms with E-state index in [0.29, 0.717) is 6.61 Å². The van der Waals surface area contributed by atoms with Crippen LogP contribution in [-0.2, 0) is 9.53 Å². The fourth-order valence-electron chi connectivity index (χ4n) is 2.71. The lowest BCUT2D eigenvalue weighted by molar-refractivity contribution is -0.118. The molecule has 4 rings (SSSR count). The summed E-state index contributed by atoms with van der Waals surface area (Å²) in [6.45, 7) is 0.588. The number of hydrogen-bond donors (Lipinski definition) is 0. The van der Waals surface area contributed by atoms with E-state index >= 15 is 0 Å². The predicted molar refractivity (Wildman–Crippen MR) is 54.9 cm³/mol. The van der Waals surface area contributed by atoms with Crippen LogP contribution in [0.15, 0.2) is 58.9 Å². The van der Waals surface area contributed by atoms with Crippen LogP contribution in [0.4, 0.5) is 0 Å². The smallest absolute Gasteiger partial charge is 0.181 e. The first-order chi connectivity index (χ1) is 7.31.